The third-order valence-corrected chi connectivity index (χ3v) is 3.03. The highest BCUT2D eigenvalue weighted by Crippen LogP contribution is 2.32. The predicted molar refractivity (Wildman–Crippen MR) is 63.8 cm³/mol. The van der Waals surface area contributed by atoms with Crippen molar-refractivity contribution < 1.29 is 13.2 Å². The van der Waals surface area contributed by atoms with Gasteiger partial charge in [-0.05, 0) is 24.3 Å². The molecule has 0 amide bonds. The van der Waals surface area contributed by atoms with E-state index in [1.807, 2.05) is 6.07 Å². The van der Waals surface area contributed by atoms with Crippen LogP contribution in [-0.2, 0) is 6.18 Å². The summed E-state index contributed by atoms with van der Waals surface area (Å²) < 4.78 is 37.5. The Bertz CT molecular complexity index is 596. The van der Waals surface area contributed by atoms with Crippen molar-refractivity contribution in [3.05, 3.63) is 46.8 Å². The van der Waals surface area contributed by atoms with E-state index in [-0.39, 0.29) is 0 Å². The molecule has 2 nitrogen and oxygen atoms in total. The fourth-order valence-corrected chi connectivity index (χ4v) is 2.12. The summed E-state index contributed by atoms with van der Waals surface area (Å²) in [6.07, 6.45) is -4.36. The molecule has 0 bridgehead atoms. The normalized spacial score (nSPS) is 11.0. The summed E-state index contributed by atoms with van der Waals surface area (Å²) >= 11 is 1.27. The summed E-state index contributed by atoms with van der Waals surface area (Å²) in [5, 5.41) is 13.8. The van der Waals surface area contributed by atoms with E-state index >= 15 is 0 Å². The summed E-state index contributed by atoms with van der Waals surface area (Å²) in [4.78, 5) is 0. The molecule has 0 aliphatic heterocycles. The van der Waals surface area contributed by atoms with Gasteiger partial charge in [-0.1, -0.05) is 6.07 Å². The van der Waals surface area contributed by atoms with E-state index in [1.165, 1.54) is 17.4 Å². The molecule has 0 aliphatic rings. The van der Waals surface area contributed by atoms with E-state index in [1.54, 1.807) is 17.5 Å². The average Bonchev–Trinajstić information content (AvgIpc) is 2.76. The second kappa shape index (κ2) is 4.70. The van der Waals surface area contributed by atoms with Crippen LogP contribution in [-0.4, -0.2) is 0 Å². The largest absolute Gasteiger partial charge is 0.416 e. The fourth-order valence-electron chi connectivity index (χ4n) is 1.38. The standard InChI is InChI=1S/C12H7F3N2S/c13-12(14,15)9-2-1-3-10(5-9)17-11-4-8(6-16)7-18-11/h1-5,7,17H. The molecule has 6 heteroatoms. The Labute approximate surface area is 105 Å². The Morgan fingerprint density at radius 3 is 2.61 bits per heavy atom. The average molecular weight is 268 g/mol. The van der Waals surface area contributed by atoms with Gasteiger partial charge in [0.2, 0.25) is 0 Å². The minimum Gasteiger partial charge on any atom is -0.347 e. The van der Waals surface area contributed by atoms with Crippen molar-refractivity contribution in [2.24, 2.45) is 0 Å². The molecule has 1 aromatic heterocycles. The number of alkyl halides is 3. The highest BCUT2D eigenvalue weighted by atomic mass is 32.1. The number of hydrogen-bond donors (Lipinski definition) is 1. The van der Waals surface area contributed by atoms with Crippen LogP contribution in [0.5, 0.6) is 0 Å². The molecule has 0 fully saturated rings. The Morgan fingerprint density at radius 2 is 2.00 bits per heavy atom. The maximum atomic E-state index is 12.5. The first-order valence-electron chi connectivity index (χ1n) is 4.92. The minimum atomic E-state index is -4.36. The third-order valence-electron chi connectivity index (χ3n) is 2.19. The molecular formula is C12H7F3N2S. The summed E-state index contributed by atoms with van der Waals surface area (Å²) in [5.41, 5.74) is 0.121. The van der Waals surface area contributed by atoms with E-state index in [2.05, 4.69) is 5.32 Å². The van der Waals surface area contributed by atoms with Crippen LogP contribution in [0, 0.1) is 11.3 Å². The number of thiophene rings is 1. The molecule has 0 radical (unpaired) electrons. The van der Waals surface area contributed by atoms with Crippen molar-refractivity contribution >= 4 is 22.0 Å². The molecule has 1 heterocycles. The van der Waals surface area contributed by atoms with Gasteiger partial charge in [-0.15, -0.1) is 11.3 Å². The van der Waals surface area contributed by atoms with Gasteiger partial charge in [-0.2, -0.15) is 18.4 Å². The highest BCUT2D eigenvalue weighted by molar-refractivity contribution is 7.14. The molecule has 0 saturated carbocycles. The van der Waals surface area contributed by atoms with Gasteiger partial charge in [-0.25, -0.2) is 0 Å². The Kier molecular flexibility index (Phi) is 3.26. The maximum Gasteiger partial charge on any atom is 0.416 e. The van der Waals surface area contributed by atoms with Gasteiger partial charge in [0, 0.05) is 11.1 Å². The molecule has 1 N–H and O–H groups in total. The van der Waals surface area contributed by atoms with Gasteiger partial charge in [-0.3, -0.25) is 0 Å². The number of halogens is 3. The molecule has 1 aromatic carbocycles. The van der Waals surface area contributed by atoms with E-state index in [4.69, 9.17) is 5.26 Å². The first kappa shape index (κ1) is 12.5. The van der Waals surface area contributed by atoms with Crippen LogP contribution >= 0.6 is 11.3 Å². The summed E-state index contributed by atoms with van der Waals surface area (Å²) in [6.45, 7) is 0. The molecule has 2 aromatic rings. The first-order valence-corrected chi connectivity index (χ1v) is 5.80. The van der Waals surface area contributed by atoms with Crippen molar-refractivity contribution in [3.63, 3.8) is 0 Å². The number of benzene rings is 1. The predicted octanol–water partition coefficient (Wildman–Crippen LogP) is 4.38. The summed E-state index contributed by atoms with van der Waals surface area (Å²) in [7, 11) is 0. The zero-order valence-electron chi connectivity index (χ0n) is 8.95. The first-order chi connectivity index (χ1) is 8.49. The highest BCUT2D eigenvalue weighted by Gasteiger charge is 2.30. The molecule has 92 valence electrons. The van der Waals surface area contributed by atoms with Gasteiger partial charge in [0.25, 0.3) is 0 Å². The lowest BCUT2D eigenvalue weighted by Gasteiger charge is -2.09. The van der Waals surface area contributed by atoms with E-state index in [0.29, 0.717) is 16.3 Å². The van der Waals surface area contributed by atoms with Crippen LogP contribution < -0.4 is 5.32 Å². The van der Waals surface area contributed by atoms with Crippen LogP contribution in [0.15, 0.2) is 35.7 Å². The zero-order chi connectivity index (χ0) is 13.2. The van der Waals surface area contributed by atoms with Crippen LogP contribution in [0.2, 0.25) is 0 Å². The second-order valence-electron chi connectivity index (χ2n) is 3.51. The van der Waals surface area contributed by atoms with Gasteiger partial charge in [0.05, 0.1) is 16.1 Å². The monoisotopic (exact) mass is 268 g/mol. The lowest BCUT2D eigenvalue weighted by Crippen LogP contribution is -2.04. The maximum absolute atomic E-state index is 12.5. The number of hydrogen-bond acceptors (Lipinski definition) is 3. The van der Waals surface area contributed by atoms with E-state index in [9.17, 15) is 13.2 Å². The molecule has 18 heavy (non-hydrogen) atoms. The third kappa shape index (κ3) is 2.81. The molecule has 0 spiro atoms. The smallest absolute Gasteiger partial charge is 0.347 e. The number of anilines is 2. The van der Waals surface area contributed by atoms with Crippen LogP contribution in [0.25, 0.3) is 0 Å². The Hall–Kier alpha value is -2.00. The van der Waals surface area contributed by atoms with Crippen molar-refractivity contribution in [2.75, 3.05) is 5.32 Å². The summed E-state index contributed by atoms with van der Waals surface area (Å²) in [5.74, 6) is 0. The molecule has 0 aliphatic carbocycles. The minimum absolute atomic E-state index is 0.344. The van der Waals surface area contributed by atoms with Gasteiger partial charge < -0.3 is 5.32 Å². The zero-order valence-corrected chi connectivity index (χ0v) is 9.77. The summed E-state index contributed by atoms with van der Waals surface area (Å²) in [6, 6.07) is 8.48. The van der Waals surface area contributed by atoms with Gasteiger partial charge >= 0.3 is 6.18 Å². The molecule has 2 rings (SSSR count). The number of nitriles is 1. The lowest BCUT2D eigenvalue weighted by molar-refractivity contribution is -0.137. The Balaban J connectivity index is 2.22. The molecular weight excluding hydrogens is 261 g/mol. The Morgan fingerprint density at radius 1 is 1.22 bits per heavy atom. The van der Waals surface area contributed by atoms with Crippen LogP contribution in [0.4, 0.5) is 23.9 Å². The van der Waals surface area contributed by atoms with Crippen molar-refractivity contribution in [1.82, 2.24) is 0 Å². The van der Waals surface area contributed by atoms with Crippen molar-refractivity contribution in [2.45, 2.75) is 6.18 Å². The van der Waals surface area contributed by atoms with Crippen molar-refractivity contribution in [3.8, 4) is 6.07 Å². The van der Waals surface area contributed by atoms with E-state index in [0.717, 1.165) is 12.1 Å². The van der Waals surface area contributed by atoms with Crippen LogP contribution in [0.3, 0.4) is 0 Å². The van der Waals surface area contributed by atoms with Gasteiger partial charge in [0.15, 0.2) is 0 Å². The second-order valence-corrected chi connectivity index (χ2v) is 4.43. The molecule has 0 atom stereocenters. The molecule has 0 unspecified atom stereocenters. The SMILES string of the molecule is N#Cc1csc(Nc2cccc(C(F)(F)F)c2)c1. The number of nitrogens with zero attached hydrogens (tertiary/aromatic N) is 1. The number of nitrogens with one attached hydrogen (secondary N) is 1. The van der Waals surface area contributed by atoms with Crippen molar-refractivity contribution in [1.29, 1.82) is 5.26 Å². The quantitative estimate of drug-likeness (QED) is 0.877. The van der Waals surface area contributed by atoms with Gasteiger partial charge in [0.1, 0.15) is 6.07 Å². The lowest BCUT2D eigenvalue weighted by atomic mass is 10.2. The molecule has 0 saturated heterocycles. The van der Waals surface area contributed by atoms with Crippen LogP contribution in [0.1, 0.15) is 11.1 Å². The topological polar surface area (TPSA) is 35.8 Å². The number of rotatable bonds is 2. The van der Waals surface area contributed by atoms with E-state index < -0.39 is 11.7 Å². The fraction of sp³-hybridized carbons (Fsp3) is 0.0833.